The lowest BCUT2D eigenvalue weighted by Crippen LogP contribution is -2.33. The predicted octanol–water partition coefficient (Wildman–Crippen LogP) is 2.32. The van der Waals surface area contributed by atoms with Crippen molar-refractivity contribution in [3.63, 3.8) is 0 Å². The summed E-state index contributed by atoms with van der Waals surface area (Å²) in [7, 11) is 1.56. The van der Waals surface area contributed by atoms with Crippen LogP contribution in [0.5, 0.6) is 17.2 Å². The number of carbonyl (C=O) groups excluding carboxylic acids is 1. The standard InChI is InChI=1S/C17H17NO4/c1-20-15-8-4-5-9-16(15)22-11-17(19)18-13-10-21-14-7-3-2-6-12(13)14/h2-9,13H,10-11H2,1H3,(H,18,19). The molecular weight excluding hydrogens is 282 g/mol. The van der Waals surface area contributed by atoms with E-state index in [4.69, 9.17) is 14.2 Å². The van der Waals surface area contributed by atoms with Gasteiger partial charge in [0, 0.05) is 5.56 Å². The van der Waals surface area contributed by atoms with Crippen molar-refractivity contribution in [2.45, 2.75) is 6.04 Å². The van der Waals surface area contributed by atoms with Crippen LogP contribution in [0.3, 0.4) is 0 Å². The average molecular weight is 299 g/mol. The molecular formula is C17H17NO4. The lowest BCUT2D eigenvalue weighted by atomic mass is 10.1. The zero-order valence-electron chi connectivity index (χ0n) is 12.2. The molecule has 114 valence electrons. The SMILES string of the molecule is COc1ccccc1OCC(=O)NC1COc2ccccc21. The van der Waals surface area contributed by atoms with Gasteiger partial charge >= 0.3 is 0 Å². The molecule has 1 aliphatic heterocycles. The molecule has 0 bridgehead atoms. The Kier molecular flexibility index (Phi) is 4.14. The third-order valence-electron chi connectivity index (χ3n) is 3.46. The molecule has 0 spiro atoms. The second kappa shape index (κ2) is 6.39. The van der Waals surface area contributed by atoms with E-state index in [1.165, 1.54) is 0 Å². The van der Waals surface area contributed by atoms with Gasteiger partial charge in [-0.05, 0) is 18.2 Å². The van der Waals surface area contributed by atoms with Crippen molar-refractivity contribution in [3.05, 3.63) is 54.1 Å². The number of fused-ring (bicyclic) bond motifs is 1. The van der Waals surface area contributed by atoms with Crippen LogP contribution < -0.4 is 19.5 Å². The number of methoxy groups -OCH3 is 1. The lowest BCUT2D eigenvalue weighted by molar-refractivity contribution is -0.123. The van der Waals surface area contributed by atoms with Crippen LogP contribution in [0.4, 0.5) is 0 Å². The van der Waals surface area contributed by atoms with E-state index in [1.807, 2.05) is 36.4 Å². The lowest BCUT2D eigenvalue weighted by Gasteiger charge is -2.13. The zero-order chi connectivity index (χ0) is 15.4. The first-order valence-electron chi connectivity index (χ1n) is 7.05. The molecule has 0 radical (unpaired) electrons. The third kappa shape index (κ3) is 2.98. The highest BCUT2D eigenvalue weighted by Gasteiger charge is 2.25. The van der Waals surface area contributed by atoms with Gasteiger partial charge in [0.2, 0.25) is 0 Å². The molecule has 5 nitrogen and oxygen atoms in total. The highest BCUT2D eigenvalue weighted by Crippen LogP contribution is 2.31. The fourth-order valence-electron chi connectivity index (χ4n) is 2.40. The summed E-state index contributed by atoms with van der Waals surface area (Å²) in [5.41, 5.74) is 0.994. The summed E-state index contributed by atoms with van der Waals surface area (Å²) in [6, 6.07) is 14.8. The van der Waals surface area contributed by atoms with Crippen molar-refractivity contribution in [3.8, 4) is 17.2 Å². The molecule has 1 atom stereocenters. The summed E-state index contributed by atoms with van der Waals surface area (Å²) < 4.78 is 16.2. The fourth-order valence-corrected chi connectivity index (χ4v) is 2.40. The van der Waals surface area contributed by atoms with Crippen LogP contribution in [0.1, 0.15) is 11.6 Å². The molecule has 1 N–H and O–H groups in total. The van der Waals surface area contributed by atoms with Gasteiger partial charge < -0.3 is 19.5 Å². The van der Waals surface area contributed by atoms with Gasteiger partial charge in [0.25, 0.3) is 5.91 Å². The highest BCUT2D eigenvalue weighted by atomic mass is 16.5. The summed E-state index contributed by atoms with van der Waals surface area (Å²) in [4.78, 5) is 12.0. The number of carbonyl (C=O) groups is 1. The molecule has 0 saturated carbocycles. The minimum atomic E-state index is -0.198. The van der Waals surface area contributed by atoms with Gasteiger partial charge in [0.1, 0.15) is 12.4 Å². The van der Waals surface area contributed by atoms with Crippen LogP contribution in [0.25, 0.3) is 0 Å². The van der Waals surface area contributed by atoms with Crippen molar-refractivity contribution in [2.75, 3.05) is 20.3 Å². The number of amides is 1. The average Bonchev–Trinajstić information content (AvgIpc) is 2.96. The van der Waals surface area contributed by atoms with Gasteiger partial charge in [0.05, 0.1) is 13.2 Å². The summed E-state index contributed by atoms with van der Waals surface area (Å²) in [6.07, 6.45) is 0. The molecule has 1 amide bonds. The fraction of sp³-hybridized carbons (Fsp3) is 0.235. The van der Waals surface area contributed by atoms with Gasteiger partial charge in [-0.1, -0.05) is 30.3 Å². The van der Waals surface area contributed by atoms with Crippen LogP contribution in [0, 0.1) is 0 Å². The van der Waals surface area contributed by atoms with Crippen molar-refractivity contribution < 1.29 is 19.0 Å². The molecule has 3 rings (SSSR count). The van der Waals surface area contributed by atoms with Crippen molar-refractivity contribution in [1.29, 1.82) is 0 Å². The summed E-state index contributed by atoms with van der Waals surface area (Å²) in [5, 5.41) is 2.91. The minimum absolute atomic E-state index is 0.0704. The summed E-state index contributed by atoms with van der Waals surface area (Å²) in [6.45, 7) is 0.374. The molecule has 0 aromatic heterocycles. The van der Waals surface area contributed by atoms with E-state index >= 15 is 0 Å². The molecule has 2 aromatic carbocycles. The summed E-state index contributed by atoms with van der Waals surface area (Å²) >= 11 is 0. The second-order valence-electron chi connectivity index (χ2n) is 4.91. The van der Waals surface area contributed by atoms with E-state index in [0.717, 1.165) is 11.3 Å². The Morgan fingerprint density at radius 3 is 2.73 bits per heavy atom. The van der Waals surface area contributed by atoms with Crippen molar-refractivity contribution in [1.82, 2.24) is 5.32 Å². The molecule has 1 unspecified atom stereocenters. The number of hydrogen-bond acceptors (Lipinski definition) is 4. The molecule has 0 saturated heterocycles. The molecule has 0 aliphatic carbocycles. The Bertz CT molecular complexity index is 671. The van der Waals surface area contributed by atoms with E-state index < -0.39 is 0 Å². The van der Waals surface area contributed by atoms with E-state index in [1.54, 1.807) is 19.2 Å². The minimum Gasteiger partial charge on any atom is -0.493 e. The maximum absolute atomic E-state index is 12.0. The normalized spacial score (nSPS) is 15.6. The van der Waals surface area contributed by atoms with Crippen LogP contribution in [0.2, 0.25) is 0 Å². The van der Waals surface area contributed by atoms with Gasteiger partial charge in [-0.25, -0.2) is 0 Å². The largest absolute Gasteiger partial charge is 0.493 e. The van der Waals surface area contributed by atoms with Crippen molar-refractivity contribution >= 4 is 5.91 Å². The highest BCUT2D eigenvalue weighted by molar-refractivity contribution is 5.78. The number of ether oxygens (including phenoxy) is 3. The molecule has 22 heavy (non-hydrogen) atoms. The van der Waals surface area contributed by atoms with Crippen molar-refractivity contribution in [2.24, 2.45) is 0 Å². The number of benzene rings is 2. The van der Waals surface area contributed by atoms with E-state index in [2.05, 4.69) is 5.32 Å². The van der Waals surface area contributed by atoms with E-state index in [9.17, 15) is 4.79 Å². The Balaban J connectivity index is 1.58. The quantitative estimate of drug-likeness (QED) is 0.920. The van der Waals surface area contributed by atoms with Crippen LogP contribution in [-0.2, 0) is 4.79 Å². The Morgan fingerprint density at radius 1 is 1.18 bits per heavy atom. The van der Waals surface area contributed by atoms with Gasteiger partial charge in [-0.3, -0.25) is 4.79 Å². The molecule has 2 aromatic rings. The molecule has 1 heterocycles. The zero-order valence-corrected chi connectivity index (χ0v) is 12.2. The number of para-hydroxylation sites is 3. The molecule has 5 heteroatoms. The van der Waals surface area contributed by atoms with Crippen LogP contribution in [-0.4, -0.2) is 26.2 Å². The predicted molar refractivity (Wildman–Crippen MR) is 81.3 cm³/mol. The molecule has 0 fully saturated rings. The smallest absolute Gasteiger partial charge is 0.258 e. The number of rotatable bonds is 5. The van der Waals surface area contributed by atoms with E-state index in [-0.39, 0.29) is 18.6 Å². The summed E-state index contributed by atoms with van der Waals surface area (Å²) in [5.74, 6) is 1.77. The first-order valence-corrected chi connectivity index (χ1v) is 7.05. The van der Waals surface area contributed by atoms with Gasteiger partial charge in [0.15, 0.2) is 18.1 Å². The Labute approximate surface area is 128 Å². The van der Waals surface area contributed by atoms with Gasteiger partial charge in [-0.2, -0.15) is 0 Å². The third-order valence-corrected chi connectivity index (χ3v) is 3.46. The van der Waals surface area contributed by atoms with Gasteiger partial charge in [-0.15, -0.1) is 0 Å². The van der Waals surface area contributed by atoms with Crippen LogP contribution in [0.15, 0.2) is 48.5 Å². The number of hydrogen-bond donors (Lipinski definition) is 1. The maximum atomic E-state index is 12.0. The monoisotopic (exact) mass is 299 g/mol. The topological polar surface area (TPSA) is 56.8 Å². The van der Waals surface area contributed by atoms with Crippen LogP contribution >= 0.6 is 0 Å². The van der Waals surface area contributed by atoms with E-state index in [0.29, 0.717) is 18.1 Å². The second-order valence-corrected chi connectivity index (χ2v) is 4.91. The number of nitrogens with one attached hydrogen (secondary N) is 1. The Morgan fingerprint density at radius 2 is 1.91 bits per heavy atom. The first kappa shape index (κ1) is 14.3. The Hall–Kier alpha value is -2.69. The first-order chi connectivity index (χ1) is 10.8. The molecule has 1 aliphatic rings. The maximum Gasteiger partial charge on any atom is 0.258 e.